The van der Waals surface area contributed by atoms with Crippen molar-refractivity contribution in [1.29, 1.82) is 0 Å². The molecule has 1 unspecified atom stereocenters. The molecular formula is C19H38O2. The number of rotatable bonds is 15. The van der Waals surface area contributed by atoms with Gasteiger partial charge in [0.1, 0.15) is 0 Å². The lowest BCUT2D eigenvalue weighted by molar-refractivity contribution is -0.145. The fourth-order valence-corrected chi connectivity index (χ4v) is 2.54. The molecule has 0 saturated heterocycles. The normalized spacial score (nSPS) is 12.3. The van der Waals surface area contributed by atoms with E-state index in [1.807, 2.05) is 0 Å². The number of hydrogen-bond donors (Lipinski definition) is 0. The van der Waals surface area contributed by atoms with Crippen LogP contribution in [0.25, 0.3) is 0 Å². The van der Waals surface area contributed by atoms with Crippen LogP contribution in [-0.2, 0) is 9.53 Å². The topological polar surface area (TPSA) is 26.3 Å². The molecule has 0 aromatic rings. The number of ether oxygens (including phenoxy) is 1. The SMILES string of the molecule is CCCCCCCCCC(=O)OCC(C)CCCCCC. The van der Waals surface area contributed by atoms with Gasteiger partial charge in [-0.25, -0.2) is 0 Å². The maximum Gasteiger partial charge on any atom is 0.305 e. The van der Waals surface area contributed by atoms with Crippen LogP contribution in [-0.4, -0.2) is 12.6 Å². The van der Waals surface area contributed by atoms with Gasteiger partial charge in [0, 0.05) is 6.42 Å². The zero-order chi connectivity index (χ0) is 15.8. The first-order valence-electron chi connectivity index (χ1n) is 9.36. The predicted molar refractivity (Wildman–Crippen MR) is 91.5 cm³/mol. The summed E-state index contributed by atoms with van der Waals surface area (Å²) in [5, 5.41) is 0. The summed E-state index contributed by atoms with van der Waals surface area (Å²) < 4.78 is 5.37. The van der Waals surface area contributed by atoms with Gasteiger partial charge in [-0.3, -0.25) is 4.79 Å². The van der Waals surface area contributed by atoms with E-state index in [1.54, 1.807) is 0 Å². The Bertz CT molecular complexity index is 226. The summed E-state index contributed by atoms with van der Waals surface area (Å²) in [7, 11) is 0. The average Bonchev–Trinajstić information content (AvgIpc) is 2.48. The van der Waals surface area contributed by atoms with Crippen LogP contribution in [0.1, 0.15) is 104 Å². The fraction of sp³-hybridized carbons (Fsp3) is 0.947. The minimum atomic E-state index is 0.00367. The Morgan fingerprint density at radius 2 is 1.33 bits per heavy atom. The van der Waals surface area contributed by atoms with Crippen molar-refractivity contribution >= 4 is 5.97 Å². The number of unbranched alkanes of at least 4 members (excludes halogenated alkanes) is 9. The van der Waals surface area contributed by atoms with Gasteiger partial charge in [0.2, 0.25) is 0 Å². The predicted octanol–water partition coefficient (Wildman–Crippen LogP) is 6.28. The lowest BCUT2D eigenvalue weighted by atomic mass is 10.0. The molecule has 0 aliphatic carbocycles. The van der Waals surface area contributed by atoms with Crippen LogP contribution < -0.4 is 0 Å². The van der Waals surface area contributed by atoms with E-state index in [0.717, 1.165) is 6.42 Å². The lowest BCUT2D eigenvalue weighted by Gasteiger charge is -2.12. The van der Waals surface area contributed by atoms with E-state index >= 15 is 0 Å². The summed E-state index contributed by atoms with van der Waals surface area (Å²) in [5.74, 6) is 0.517. The summed E-state index contributed by atoms with van der Waals surface area (Å²) in [6.07, 6.45) is 15.7. The Morgan fingerprint density at radius 1 is 0.810 bits per heavy atom. The van der Waals surface area contributed by atoms with Gasteiger partial charge < -0.3 is 4.74 Å². The van der Waals surface area contributed by atoms with E-state index in [9.17, 15) is 4.79 Å². The molecule has 0 N–H and O–H groups in total. The van der Waals surface area contributed by atoms with E-state index in [4.69, 9.17) is 4.74 Å². The number of esters is 1. The summed E-state index contributed by atoms with van der Waals surface area (Å²) in [5.41, 5.74) is 0. The summed E-state index contributed by atoms with van der Waals surface area (Å²) in [4.78, 5) is 11.6. The fourth-order valence-electron chi connectivity index (χ4n) is 2.54. The van der Waals surface area contributed by atoms with Gasteiger partial charge in [0.25, 0.3) is 0 Å². The van der Waals surface area contributed by atoms with Gasteiger partial charge in [-0.2, -0.15) is 0 Å². The van der Waals surface area contributed by atoms with Gasteiger partial charge in [-0.05, 0) is 18.8 Å². The highest BCUT2D eigenvalue weighted by atomic mass is 16.5. The molecule has 0 bridgehead atoms. The third kappa shape index (κ3) is 15.7. The van der Waals surface area contributed by atoms with Crippen molar-refractivity contribution in [1.82, 2.24) is 0 Å². The smallest absolute Gasteiger partial charge is 0.305 e. The Balaban J connectivity index is 3.32. The number of carbonyl (C=O) groups excluding carboxylic acids is 1. The van der Waals surface area contributed by atoms with E-state index in [0.29, 0.717) is 18.9 Å². The van der Waals surface area contributed by atoms with Crippen molar-refractivity contribution in [3.8, 4) is 0 Å². The number of carbonyl (C=O) groups is 1. The van der Waals surface area contributed by atoms with E-state index in [1.165, 1.54) is 70.6 Å². The second-order valence-corrected chi connectivity index (χ2v) is 6.51. The van der Waals surface area contributed by atoms with Crippen LogP contribution in [0.4, 0.5) is 0 Å². The van der Waals surface area contributed by atoms with Crippen molar-refractivity contribution in [3.63, 3.8) is 0 Å². The van der Waals surface area contributed by atoms with Crippen molar-refractivity contribution in [2.24, 2.45) is 5.92 Å². The van der Waals surface area contributed by atoms with Gasteiger partial charge in [-0.15, -0.1) is 0 Å². The van der Waals surface area contributed by atoms with Gasteiger partial charge >= 0.3 is 5.97 Å². The third-order valence-corrected chi connectivity index (χ3v) is 4.06. The minimum absolute atomic E-state index is 0.00367. The first kappa shape index (κ1) is 20.5. The van der Waals surface area contributed by atoms with Gasteiger partial charge in [0.15, 0.2) is 0 Å². The first-order chi connectivity index (χ1) is 10.2. The molecule has 0 aromatic heterocycles. The Labute approximate surface area is 133 Å². The zero-order valence-electron chi connectivity index (χ0n) is 14.8. The largest absolute Gasteiger partial charge is 0.465 e. The molecule has 0 aliphatic rings. The highest BCUT2D eigenvalue weighted by Gasteiger charge is 2.07. The zero-order valence-corrected chi connectivity index (χ0v) is 14.8. The van der Waals surface area contributed by atoms with E-state index in [2.05, 4.69) is 20.8 Å². The van der Waals surface area contributed by atoms with Crippen molar-refractivity contribution in [2.75, 3.05) is 6.61 Å². The molecule has 0 fully saturated rings. The molecule has 0 saturated carbocycles. The second-order valence-electron chi connectivity index (χ2n) is 6.51. The van der Waals surface area contributed by atoms with Gasteiger partial charge in [0.05, 0.1) is 6.61 Å². The van der Waals surface area contributed by atoms with Crippen LogP contribution in [0.2, 0.25) is 0 Å². The maximum atomic E-state index is 11.6. The molecule has 126 valence electrons. The summed E-state index contributed by atoms with van der Waals surface area (Å²) >= 11 is 0. The standard InChI is InChI=1S/C19H38O2/c1-4-6-8-10-11-12-14-16-19(20)21-17-18(3)15-13-9-7-5-2/h18H,4-17H2,1-3H3. The lowest BCUT2D eigenvalue weighted by Crippen LogP contribution is -2.11. The van der Waals surface area contributed by atoms with Gasteiger partial charge in [-0.1, -0.05) is 85.0 Å². The first-order valence-corrected chi connectivity index (χ1v) is 9.36. The van der Waals surface area contributed by atoms with Crippen LogP contribution in [0.15, 0.2) is 0 Å². The quantitative estimate of drug-likeness (QED) is 0.263. The minimum Gasteiger partial charge on any atom is -0.465 e. The molecule has 0 aliphatic heterocycles. The van der Waals surface area contributed by atoms with Crippen LogP contribution in [0.5, 0.6) is 0 Å². The monoisotopic (exact) mass is 298 g/mol. The Kier molecular flexibility index (Phi) is 15.5. The van der Waals surface area contributed by atoms with Crippen molar-refractivity contribution < 1.29 is 9.53 Å². The molecule has 0 spiro atoms. The van der Waals surface area contributed by atoms with Crippen molar-refractivity contribution in [2.45, 2.75) is 104 Å². The summed E-state index contributed by atoms with van der Waals surface area (Å²) in [6, 6.07) is 0. The van der Waals surface area contributed by atoms with Crippen LogP contribution in [0.3, 0.4) is 0 Å². The van der Waals surface area contributed by atoms with E-state index < -0.39 is 0 Å². The highest BCUT2D eigenvalue weighted by Crippen LogP contribution is 2.12. The highest BCUT2D eigenvalue weighted by molar-refractivity contribution is 5.69. The number of hydrogen-bond acceptors (Lipinski definition) is 2. The summed E-state index contributed by atoms with van der Waals surface area (Å²) in [6.45, 7) is 7.27. The average molecular weight is 299 g/mol. The van der Waals surface area contributed by atoms with Crippen molar-refractivity contribution in [3.05, 3.63) is 0 Å². The molecule has 0 amide bonds. The van der Waals surface area contributed by atoms with Crippen LogP contribution >= 0.6 is 0 Å². The van der Waals surface area contributed by atoms with Crippen LogP contribution in [0, 0.1) is 5.92 Å². The molecule has 0 radical (unpaired) electrons. The molecular weight excluding hydrogens is 260 g/mol. The molecule has 2 nitrogen and oxygen atoms in total. The molecule has 2 heteroatoms. The molecule has 1 atom stereocenters. The van der Waals surface area contributed by atoms with E-state index in [-0.39, 0.29) is 5.97 Å². The maximum absolute atomic E-state index is 11.6. The molecule has 0 rings (SSSR count). The molecule has 0 heterocycles. The third-order valence-electron chi connectivity index (χ3n) is 4.06. The second kappa shape index (κ2) is 15.9. The Hall–Kier alpha value is -0.530. The molecule has 21 heavy (non-hydrogen) atoms. The molecule has 0 aromatic carbocycles. The Morgan fingerprint density at radius 3 is 1.95 bits per heavy atom.